The number of benzene rings is 1. The summed E-state index contributed by atoms with van der Waals surface area (Å²) in [6.07, 6.45) is 0. The van der Waals surface area contributed by atoms with Crippen molar-refractivity contribution in [3.63, 3.8) is 0 Å². The van der Waals surface area contributed by atoms with Crippen molar-refractivity contribution in [3.05, 3.63) is 40.0 Å². The maximum atomic E-state index is 6.33. The van der Waals surface area contributed by atoms with Gasteiger partial charge in [-0.25, -0.2) is 0 Å². The van der Waals surface area contributed by atoms with Crippen molar-refractivity contribution in [2.75, 3.05) is 11.9 Å². The van der Waals surface area contributed by atoms with Crippen LogP contribution in [-0.4, -0.2) is 11.4 Å². The third-order valence-corrected chi connectivity index (χ3v) is 4.86. The molecule has 0 N–H and O–H groups in total. The lowest BCUT2D eigenvalue weighted by Crippen LogP contribution is -2.23. The van der Waals surface area contributed by atoms with Crippen molar-refractivity contribution < 1.29 is 0 Å². The van der Waals surface area contributed by atoms with Gasteiger partial charge in [0.1, 0.15) is 8.82 Å². The minimum Gasteiger partial charge on any atom is -0.345 e. The summed E-state index contributed by atoms with van der Waals surface area (Å²) in [7, 11) is 1.93. The summed E-state index contributed by atoms with van der Waals surface area (Å²) in [4.78, 5) is 1.97. The third kappa shape index (κ3) is 1.53. The molecule has 1 aromatic rings. The predicted octanol–water partition coefficient (Wildman–Crippen LogP) is 4.67. The molecule has 90 valence electrons. The Kier molecular flexibility index (Phi) is 2.61. The Hall–Kier alpha value is -0.0800. The summed E-state index contributed by atoms with van der Waals surface area (Å²) in [5, 5.41) is 0. The van der Waals surface area contributed by atoms with Crippen LogP contribution in [0.4, 0.5) is 5.69 Å². The molecule has 1 aliphatic heterocycles. The maximum absolute atomic E-state index is 6.33. The highest BCUT2D eigenvalue weighted by Crippen LogP contribution is 2.72. The fourth-order valence-electron chi connectivity index (χ4n) is 2.69. The molecule has 1 aromatic carbocycles. The number of hydrogen-bond acceptors (Lipinski definition) is 1. The molecule has 0 amide bonds. The topological polar surface area (TPSA) is 3.24 Å². The highest BCUT2D eigenvalue weighted by Gasteiger charge is 2.69. The van der Waals surface area contributed by atoms with Gasteiger partial charge in [0.25, 0.3) is 0 Å². The third-order valence-electron chi connectivity index (χ3n) is 3.54. The van der Waals surface area contributed by atoms with Gasteiger partial charge >= 0.3 is 0 Å². The standard InChI is InChI=1S/C12H9Cl4N/c1-17-7-5-3-2-4-6(7)8-9(12(8,15)16)10(17)11(13)14/h2-5,8-9H,1H3. The summed E-state index contributed by atoms with van der Waals surface area (Å²) in [6, 6.07) is 8.03. The molecule has 1 aliphatic carbocycles. The van der Waals surface area contributed by atoms with Crippen molar-refractivity contribution in [1.82, 2.24) is 0 Å². The molecule has 0 radical (unpaired) electrons. The van der Waals surface area contributed by atoms with Crippen LogP contribution in [0, 0.1) is 5.92 Å². The quantitative estimate of drug-likeness (QED) is 0.630. The van der Waals surface area contributed by atoms with Gasteiger partial charge in [-0.15, -0.1) is 23.2 Å². The molecule has 5 heteroatoms. The Morgan fingerprint density at radius 1 is 1.18 bits per heavy atom. The fraction of sp³-hybridized carbons (Fsp3) is 0.333. The molecule has 2 unspecified atom stereocenters. The van der Waals surface area contributed by atoms with Crippen molar-refractivity contribution in [3.8, 4) is 0 Å². The molecule has 0 bridgehead atoms. The van der Waals surface area contributed by atoms with E-state index in [1.54, 1.807) is 0 Å². The van der Waals surface area contributed by atoms with Crippen LogP contribution < -0.4 is 4.90 Å². The van der Waals surface area contributed by atoms with Crippen LogP contribution in [-0.2, 0) is 0 Å². The van der Waals surface area contributed by atoms with E-state index >= 15 is 0 Å². The van der Waals surface area contributed by atoms with Crippen molar-refractivity contribution >= 4 is 52.1 Å². The molecule has 1 saturated carbocycles. The lowest BCUT2D eigenvalue weighted by molar-refractivity contribution is 0.833. The summed E-state index contributed by atoms with van der Waals surface area (Å²) < 4.78 is -0.564. The van der Waals surface area contributed by atoms with Gasteiger partial charge in [0, 0.05) is 24.6 Å². The van der Waals surface area contributed by atoms with Crippen LogP contribution in [0.3, 0.4) is 0 Å². The lowest BCUT2D eigenvalue weighted by atomic mass is 10.0. The SMILES string of the molecule is CN1C(=C(Cl)Cl)C2C(c3ccccc31)C2(Cl)Cl. The van der Waals surface area contributed by atoms with Gasteiger partial charge in [-0.1, -0.05) is 41.4 Å². The van der Waals surface area contributed by atoms with Crippen LogP contribution in [0.2, 0.25) is 0 Å². The first-order chi connectivity index (χ1) is 7.96. The highest BCUT2D eigenvalue weighted by molar-refractivity contribution is 6.57. The zero-order valence-corrected chi connectivity index (χ0v) is 11.9. The molecule has 1 nitrogen and oxygen atoms in total. The number of nitrogens with zero attached hydrogens (tertiary/aromatic N) is 1. The van der Waals surface area contributed by atoms with E-state index in [-0.39, 0.29) is 16.3 Å². The van der Waals surface area contributed by atoms with Crippen molar-refractivity contribution in [2.45, 2.75) is 10.3 Å². The summed E-state index contributed by atoms with van der Waals surface area (Å²) in [5.41, 5.74) is 3.02. The van der Waals surface area contributed by atoms with Gasteiger partial charge in [0.15, 0.2) is 0 Å². The van der Waals surface area contributed by atoms with E-state index < -0.39 is 4.33 Å². The first-order valence-corrected chi connectivity index (χ1v) is 6.73. The summed E-state index contributed by atoms with van der Waals surface area (Å²) >= 11 is 24.6. The van der Waals surface area contributed by atoms with E-state index in [0.29, 0.717) is 0 Å². The average molecular weight is 309 g/mol. The van der Waals surface area contributed by atoms with Gasteiger partial charge in [0.2, 0.25) is 0 Å². The minimum atomic E-state index is -0.800. The smallest absolute Gasteiger partial charge is 0.134 e. The molecule has 2 aliphatic rings. The Morgan fingerprint density at radius 2 is 1.82 bits per heavy atom. The normalized spacial score (nSPS) is 28.5. The molecular weight excluding hydrogens is 300 g/mol. The van der Waals surface area contributed by atoms with E-state index in [2.05, 4.69) is 6.07 Å². The second-order valence-corrected chi connectivity index (χ2v) is 6.79. The Labute approximate surface area is 120 Å². The second-order valence-electron chi connectivity index (χ2n) is 4.39. The lowest BCUT2D eigenvalue weighted by Gasteiger charge is -2.29. The predicted molar refractivity (Wildman–Crippen MR) is 74.2 cm³/mol. The number of alkyl halides is 2. The number of halogens is 4. The number of anilines is 1. The molecule has 1 heterocycles. The van der Waals surface area contributed by atoms with E-state index in [1.807, 2.05) is 30.1 Å². The van der Waals surface area contributed by atoms with E-state index in [9.17, 15) is 0 Å². The molecular formula is C12H9Cl4N. The molecule has 2 atom stereocenters. The Morgan fingerprint density at radius 3 is 2.47 bits per heavy atom. The number of rotatable bonds is 0. The van der Waals surface area contributed by atoms with Crippen LogP contribution in [0.25, 0.3) is 0 Å². The van der Waals surface area contributed by atoms with E-state index in [0.717, 1.165) is 16.9 Å². The van der Waals surface area contributed by atoms with Crippen LogP contribution in [0.5, 0.6) is 0 Å². The van der Waals surface area contributed by atoms with Gasteiger partial charge in [-0.2, -0.15) is 0 Å². The number of para-hydroxylation sites is 1. The van der Waals surface area contributed by atoms with Gasteiger partial charge < -0.3 is 4.90 Å². The monoisotopic (exact) mass is 307 g/mol. The van der Waals surface area contributed by atoms with Crippen LogP contribution >= 0.6 is 46.4 Å². The minimum absolute atomic E-state index is 0.0178. The molecule has 0 spiro atoms. The van der Waals surface area contributed by atoms with Gasteiger partial charge in [-0.05, 0) is 11.6 Å². The largest absolute Gasteiger partial charge is 0.345 e. The van der Waals surface area contributed by atoms with Crippen molar-refractivity contribution in [1.29, 1.82) is 0 Å². The molecule has 3 rings (SSSR count). The number of allylic oxidation sites excluding steroid dienone is 1. The summed E-state index contributed by atoms with van der Waals surface area (Å²) in [6.45, 7) is 0. The van der Waals surface area contributed by atoms with E-state index in [4.69, 9.17) is 46.4 Å². The average Bonchev–Trinajstić information content (AvgIpc) is 2.82. The molecule has 17 heavy (non-hydrogen) atoms. The van der Waals surface area contributed by atoms with Crippen LogP contribution in [0.1, 0.15) is 11.5 Å². The number of hydrogen-bond donors (Lipinski definition) is 0. The van der Waals surface area contributed by atoms with Crippen molar-refractivity contribution in [2.24, 2.45) is 5.92 Å². The van der Waals surface area contributed by atoms with E-state index in [1.165, 1.54) is 0 Å². The van der Waals surface area contributed by atoms with Gasteiger partial charge in [-0.3, -0.25) is 0 Å². The summed E-state index contributed by atoms with van der Waals surface area (Å²) in [5.74, 6) is 0.0662. The second kappa shape index (κ2) is 3.71. The van der Waals surface area contributed by atoms with Crippen LogP contribution in [0.15, 0.2) is 34.5 Å². The molecule has 0 saturated heterocycles. The fourth-order valence-corrected chi connectivity index (χ4v) is 4.00. The Balaban J connectivity index is 2.23. The zero-order valence-electron chi connectivity index (χ0n) is 8.92. The molecule has 1 fully saturated rings. The maximum Gasteiger partial charge on any atom is 0.134 e. The van der Waals surface area contributed by atoms with Gasteiger partial charge in [0.05, 0.1) is 5.70 Å². The number of fused-ring (bicyclic) bond motifs is 3. The first-order valence-electron chi connectivity index (χ1n) is 5.22. The Bertz CT molecular complexity index is 519. The highest BCUT2D eigenvalue weighted by atomic mass is 35.5. The molecule has 0 aromatic heterocycles. The zero-order chi connectivity index (χ0) is 12.4. The first kappa shape index (κ1) is 12.0.